The molecule has 1 unspecified atom stereocenters. The molecule has 1 aliphatic carbocycles. The zero-order valence-electron chi connectivity index (χ0n) is 13.0. The van der Waals surface area contributed by atoms with Gasteiger partial charge >= 0.3 is 0 Å². The number of nitrogens with zero attached hydrogens (tertiary/aromatic N) is 2. The molecule has 1 aliphatic heterocycles. The van der Waals surface area contributed by atoms with E-state index in [9.17, 15) is 0 Å². The minimum Gasteiger partial charge on any atom is -0.356 e. The molecule has 20 heavy (non-hydrogen) atoms. The first-order valence-corrected chi connectivity index (χ1v) is 8.01. The highest BCUT2D eigenvalue weighted by Crippen LogP contribution is 2.18. The zero-order chi connectivity index (χ0) is 13.5. The molecule has 0 aromatic heterocycles. The summed E-state index contributed by atoms with van der Waals surface area (Å²) in [5.41, 5.74) is 0. The fraction of sp³-hybridized carbons (Fsp3) is 0.933. The Kier molecular flexibility index (Phi) is 8.84. The number of rotatable bonds is 4. The van der Waals surface area contributed by atoms with Gasteiger partial charge in [-0.05, 0) is 44.7 Å². The van der Waals surface area contributed by atoms with Gasteiger partial charge in [0, 0.05) is 26.2 Å². The molecular weight excluding hydrogens is 363 g/mol. The van der Waals surface area contributed by atoms with E-state index in [2.05, 4.69) is 27.4 Å². The number of hydrogen-bond donors (Lipinski definition) is 2. The summed E-state index contributed by atoms with van der Waals surface area (Å²) >= 11 is 0. The second-order valence-corrected chi connectivity index (χ2v) is 5.98. The van der Waals surface area contributed by atoms with Crippen molar-refractivity contribution >= 4 is 29.9 Å². The first kappa shape index (κ1) is 18.0. The van der Waals surface area contributed by atoms with Crippen LogP contribution in [0.25, 0.3) is 0 Å². The predicted molar refractivity (Wildman–Crippen MR) is 97.0 cm³/mol. The lowest BCUT2D eigenvalue weighted by Crippen LogP contribution is -2.46. The second-order valence-electron chi connectivity index (χ2n) is 5.98. The molecule has 0 amide bonds. The summed E-state index contributed by atoms with van der Waals surface area (Å²) in [5, 5.41) is 7.08. The lowest BCUT2D eigenvalue weighted by atomic mass is 9.98. The standard InChI is InChI=1S/C15H30N4.HI/c1-3-19-10-6-7-13(12-19)11-17-15(16-2)18-14-8-4-5-9-14;/h13-14H,3-12H2,1-2H3,(H2,16,17,18);1H. The summed E-state index contributed by atoms with van der Waals surface area (Å²) in [6.45, 7) is 7.02. The second kappa shape index (κ2) is 9.82. The Morgan fingerprint density at radius 3 is 2.60 bits per heavy atom. The van der Waals surface area contributed by atoms with Crippen molar-refractivity contribution < 1.29 is 0 Å². The van der Waals surface area contributed by atoms with Gasteiger partial charge in [-0.25, -0.2) is 0 Å². The molecule has 2 fully saturated rings. The number of halogens is 1. The predicted octanol–water partition coefficient (Wildman–Crippen LogP) is 2.44. The largest absolute Gasteiger partial charge is 0.356 e. The molecule has 5 heteroatoms. The van der Waals surface area contributed by atoms with Gasteiger partial charge in [-0.2, -0.15) is 0 Å². The van der Waals surface area contributed by atoms with Crippen LogP contribution in [0, 0.1) is 5.92 Å². The fourth-order valence-corrected chi connectivity index (χ4v) is 3.30. The Balaban J connectivity index is 0.00000200. The molecule has 1 heterocycles. The smallest absolute Gasteiger partial charge is 0.191 e. The molecule has 2 aliphatic rings. The molecule has 0 radical (unpaired) electrons. The van der Waals surface area contributed by atoms with E-state index in [0.717, 1.165) is 18.4 Å². The molecule has 4 nitrogen and oxygen atoms in total. The summed E-state index contributed by atoms with van der Waals surface area (Å²) in [6.07, 6.45) is 8.02. The highest BCUT2D eigenvalue weighted by atomic mass is 127. The van der Waals surface area contributed by atoms with Crippen LogP contribution in [0.2, 0.25) is 0 Å². The highest BCUT2D eigenvalue weighted by Gasteiger charge is 2.20. The molecule has 1 saturated carbocycles. The van der Waals surface area contributed by atoms with Crippen LogP contribution < -0.4 is 10.6 Å². The number of likely N-dealkylation sites (tertiary alicyclic amines) is 1. The van der Waals surface area contributed by atoms with Crippen molar-refractivity contribution in [1.82, 2.24) is 15.5 Å². The lowest BCUT2D eigenvalue weighted by Gasteiger charge is -2.32. The van der Waals surface area contributed by atoms with Crippen molar-refractivity contribution in [2.24, 2.45) is 10.9 Å². The molecular formula is C15H31IN4. The maximum absolute atomic E-state index is 4.36. The van der Waals surface area contributed by atoms with Gasteiger partial charge in [0.1, 0.15) is 0 Å². The summed E-state index contributed by atoms with van der Waals surface area (Å²) < 4.78 is 0. The minimum atomic E-state index is 0. The van der Waals surface area contributed by atoms with Crippen molar-refractivity contribution in [3.8, 4) is 0 Å². The Labute approximate surface area is 141 Å². The number of aliphatic imine (C=N–C) groups is 1. The Morgan fingerprint density at radius 1 is 1.20 bits per heavy atom. The number of hydrogen-bond acceptors (Lipinski definition) is 2. The lowest BCUT2D eigenvalue weighted by molar-refractivity contribution is 0.183. The summed E-state index contributed by atoms with van der Waals surface area (Å²) in [5.74, 6) is 1.77. The Hall–Kier alpha value is -0.0400. The SMILES string of the molecule is CCN1CCCC(CNC(=NC)NC2CCCC2)C1.I. The molecule has 1 saturated heterocycles. The zero-order valence-corrected chi connectivity index (χ0v) is 15.4. The number of piperidine rings is 1. The summed E-state index contributed by atoms with van der Waals surface area (Å²) in [4.78, 5) is 6.91. The third kappa shape index (κ3) is 5.76. The molecule has 118 valence electrons. The van der Waals surface area contributed by atoms with Crippen LogP contribution >= 0.6 is 24.0 Å². The van der Waals surface area contributed by atoms with E-state index in [0.29, 0.717) is 6.04 Å². The normalized spacial score (nSPS) is 25.3. The van der Waals surface area contributed by atoms with Gasteiger partial charge in [0.2, 0.25) is 0 Å². The van der Waals surface area contributed by atoms with Crippen molar-refractivity contribution in [3.63, 3.8) is 0 Å². The van der Waals surface area contributed by atoms with Gasteiger partial charge in [0.15, 0.2) is 5.96 Å². The molecule has 0 aromatic carbocycles. The highest BCUT2D eigenvalue weighted by molar-refractivity contribution is 14.0. The van der Waals surface area contributed by atoms with Crippen molar-refractivity contribution in [2.75, 3.05) is 33.2 Å². The number of guanidine groups is 1. The third-order valence-electron chi connectivity index (χ3n) is 4.53. The van der Waals surface area contributed by atoms with Gasteiger partial charge < -0.3 is 15.5 Å². The maximum Gasteiger partial charge on any atom is 0.191 e. The first-order valence-electron chi connectivity index (χ1n) is 8.01. The number of nitrogens with one attached hydrogen (secondary N) is 2. The monoisotopic (exact) mass is 394 g/mol. The van der Waals surface area contributed by atoms with E-state index >= 15 is 0 Å². The topological polar surface area (TPSA) is 39.7 Å². The van der Waals surface area contributed by atoms with Gasteiger partial charge in [0.05, 0.1) is 0 Å². The maximum atomic E-state index is 4.36. The molecule has 1 atom stereocenters. The van der Waals surface area contributed by atoms with Crippen LogP contribution in [-0.2, 0) is 0 Å². The van der Waals surface area contributed by atoms with Crippen LogP contribution in [0.4, 0.5) is 0 Å². The molecule has 2 rings (SSSR count). The van der Waals surface area contributed by atoms with Crippen LogP contribution in [0.3, 0.4) is 0 Å². The van der Waals surface area contributed by atoms with E-state index in [-0.39, 0.29) is 24.0 Å². The first-order chi connectivity index (χ1) is 9.31. The van der Waals surface area contributed by atoms with E-state index in [1.54, 1.807) is 0 Å². The third-order valence-corrected chi connectivity index (χ3v) is 4.53. The van der Waals surface area contributed by atoms with Crippen molar-refractivity contribution in [3.05, 3.63) is 0 Å². The average molecular weight is 394 g/mol. The van der Waals surface area contributed by atoms with Gasteiger partial charge in [0.25, 0.3) is 0 Å². The summed E-state index contributed by atoms with van der Waals surface area (Å²) in [6, 6.07) is 0.643. The van der Waals surface area contributed by atoms with E-state index in [1.165, 1.54) is 58.2 Å². The minimum absolute atomic E-state index is 0. The van der Waals surface area contributed by atoms with E-state index in [4.69, 9.17) is 0 Å². The van der Waals surface area contributed by atoms with E-state index in [1.807, 2.05) is 7.05 Å². The van der Waals surface area contributed by atoms with E-state index < -0.39 is 0 Å². The Bertz CT molecular complexity index is 290. The van der Waals surface area contributed by atoms with Gasteiger partial charge in [-0.1, -0.05) is 19.8 Å². The van der Waals surface area contributed by atoms with Gasteiger partial charge in [-0.3, -0.25) is 4.99 Å². The van der Waals surface area contributed by atoms with Crippen LogP contribution in [0.15, 0.2) is 4.99 Å². The van der Waals surface area contributed by atoms with Crippen LogP contribution in [-0.4, -0.2) is 50.1 Å². The van der Waals surface area contributed by atoms with Gasteiger partial charge in [-0.15, -0.1) is 24.0 Å². The molecule has 2 N–H and O–H groups in total. The quantitative estimate of drug-likeness (QED) is 0.437. The van der Waals surface area contributed by atoms with Crippen LogP contribution in [0.5, 0.6) is 0 Å². The Morgan fingerprint density at radius 2 is 1.95 bits per heavy atom. The van der Waals surface area contributed by atoms with Crippen molar-refractivity contribution in [2.45, 2.75) is 51.5 Å². The molecule has 0 aromatic rings. The summed E-state index contributed by atoms with van der Waals surface area (Å²) in [7, 11) is 1.88. The van der Waals surface area contributed by atoms with Crippen LogP contribution in [0.1, 0.15) is 45.4 Å². The molecule has 0 bridgehead atoms. The average Bonchev–Trinajstić information content (AvgIpc) is 2.96. The van der Waals surface area contributed by atoms with Crippen molar-refractivity contribution in [1.29, 1.82) is 0 Å². The fourth-order valence-electron chi connectivity index (χ4n) is 3.30. The molecule has 0 spiro atoms.